The molecule has 0 N–H and O–H groups in total. The minimum atomic E-state index is -5.43. The van der Waals surface area contributed by atoms with Crippen LogP contribution in [-0.4, -0.2) is 31.3 Å². The van der Waals surface area contributed by atoms with Gasteiger partial charge in [0.15, 0.2) is 0 Å². The molecule has 0 saturated carbocycles. The number of nitriles is 1. The maximum atomic E-state index is 12.5. The van der Waals surface area contributed by atoms with Crippen LogP contribution in [0.4, 0.5) is 13.2 Å². The van der Waals surface area contributed by atoms with Crippen LogP contribution >= 0.6 is 0 Å². The Balaban J connectivity index is 2.41. The molecule has 1 aliphatic rings. The summed E-state index contributed by atoms with van der Waals surface area (Å²) in [6, 6.07) is 1.47. The van der Waals surface area contributed by atoms with Crippen LogP contribution in [0.5, 0.6) is 0 Å². The first-order valence-electron chi connectivity index (χ1n) is 7.58. The molecule has 0 aromatic rings. The quantitative estimate of drug-likeness (QED) is 0.493. The van der Waals surface area contributed by atoms with Crippen molar-refractivity contribution in [2.24, 2.45) is 0 Å². The van der Waals surface area contributed by atoms with Crippen LogP contribution in [0.15, 0.2) is 23.8 Å². The lowest BCUT2D eigenvalue weighted by Crippen LogP contribution is -2.41. The average molecular weight is 350 g/mol. The average Bonchev–Trinajstić information content (AvgIpc) is 2.49. The highest BCUT2D eigenvalue weighted by molar-refractivity contribution is 7.90. The summed E-state index contributed by atoms with van der Waals surface area (Å²) in [5.41, 5.74) is -4.08. The Morgan fingerprint density at radius 1 is 1.30 bits per heavy atom. The van der Waals surface area contributed by atoms with E-state index in [0.717, 1.165) is 12.8 Å². The predicted molar refractivity (Wildman–Crippen MR) is 81.7 cm³/mol. The third-order valence-corrected chi connectivity index (χ3v) is 5.14. The molecular weight excluding hydrogens is 329 g/mol. The van der Waals surface area contributed by atoms with E-state index in [1.54, 1.807) is 0 Å². The smallest absolute Gasteiger partial charge is 0.203 e. The molecule has 0 unspecified atom stereocenters. The van der Waals surface area contributed by atoms with E-state index in [2.05, 4.69) is 6.08 Å². The molecular formula is C15H21F3N2O2S. The summed E-state index contributed by atoms with van der Waals surface area (Å²) in [5.74, 6) is 0. The van der Waals surface area contributed by atoms with E-state index in [-0.39, 0.29) is 17.3 Å². The maximum Gasteiger partial charge on any atom is 0.511 e. The van der Waals surface area contributed by atoms with E-state index in [4.69, 9.17) is 5.26 Å². The molecule has 0 spiro atoms. The number of unbranched alkanes of at least 4 members (excludes halogenated alkanes) is 2. The highest BCUT2D eigenvalue weighted by atomic mass is 32.2. The molecule has 0 amide bonds. The van der Waals surface area contributed by atoms with E-state index in [1.807, 2.05) is 12.2 Å². The first kappa shape index (κ1) is 19.7. The minimum absolute atomic E-state index is 0.195. The van der Waals surface area contributed by atoms with Crippen molar-refractivity contribution in [3.05, 3.63) is 23.8 Å². The van der Waals surface area contributed by atoms with Gasteiger partial charge < -0.3 is 0 Å². The lowest BCUT2D eigenvalue weighted by molar-refractivity contribution is -0.0486. The minimum Gasteiger partial charge on any atom is -0.203 e. The number of halogens is 3. The second-order valence-electron chi connectivity index (χ2n) is 5.37. The van der Waals surface area contributed by atoms with Crippen molar-refractivity contribution < 1.29 is 21.6 Å². The van der Waals surface area contributed by atoms with E-state index in [9.17, 15) is 21.6 Å². The van der Waals surface area contributed by atoms with Gasteiger partial charge in [0.1, 0.15) is 6.54 Å². The van der Waals surface area contributed by atoms with Gasteiger partial charge >= 0.3 is 15.5 Å². The van der Waals surface area contributed by atoms with Crippen LogP contribution in [0, 0.1) is 11.3 Å². The van der Waals surface area contributed by atoms with Crippen LogP contribution in [0.3, 0.4) is 0 Å². The summed E-state index contributed by atoms with van der Waals surface area (Å²) in [6.45, 7) is -1.09. The molecule has 130 valence electrons. The lowest BCUT2D eigenvalue weighted by Gasteiger charge is -2.20. The van der Waals surface area contributed by atoms with Crippen LogP contribution in [0.1, 0.15) is 44.9 Å². The molecule has 0 aliphatic heterocycles. The molecule has 0 atom stereocenters. The Kier molecular flexibility index (Phi) is 7.79. The number of nitrogens with zero attached hydrogens (tertiary/aromatic N) is 2. The van der Waals surface area contributed by atoms with Crippen LogP contribution in [-0.2, 0) is 10.0 Å². The van der Waals surface area contributed by atoms with Gasteiger partial charge in [-0.15, -0.1) is 0 Å². The second kappa shape index (κ2) is 9.08. The Bertz CT molecular complexity index is 575. The summed E-state index contributed by atoms with van der Waals surface area (Å²) in [5, 5.41) is 8.51. The van der Waals surface area contributed by atoms with Gasteiger partial charge in [-0.1, -0.05) is 23.8 Å². The van der Waals surface area contributed by atoms with Crippen molar-refractivity contribution in [1.82, 2.24) is 4.31 Å². The van der Waals surface area contributed by atoms with E-state index in [0.29, 0.717) is 12.8 Å². The summed E-state index contributed by atoms with van der Waals surface area (Å²) >= 11 is 0. The maximum absolute atomic E-state index is 12.5. The second-order valence-corrected chi connectivity index (χ2v) is 7.29. The van der Waals surface area contributed by atoms with Crippen molar-refractivity contribution in [2.75, 3.05) is 13.1 Å². The molecule has 8 heteroatoms. The van der Waals surface area contributed by atoms with Crippen molar-refractivity contribution >= 4 is 10.0 Å². The first-order chi connectivity index (χ1) is 10.8. The molecule has 0 saturated heterocycles. The molecule has 1 aliphatic carbocycles. The van der Waals surface area contributed by atoms with Gasteiger partial charge in [0.05, 0.1) is 6.07 Å². The fraction of sp³-hybridized carbons (Fsp3) is 0.667. The van der Waals surface area contributed by atoms with E-state index >= 15 is 0 Å². The monoisotopic (exact) mass is 350 g/mol. The van der Waals surface area contributed by atoms with Crippen molar-refractivity contribution in [2.45, 2.75) is 50.5 Å². The Morgan fingerprint density at radius 3 is 2.61 bits per heavy atom. The zero-order chi connectivity index (χ0) is 17.3. The SMILES string of the molecule is N#CCN(CCCC/C=C/C1=CCCCC1)S(=O)(=O)C(F)(F)F. The molecule has 0 fully saturated rings. The van der Waals surface area contributed by atoms with Gasteiger partial charge in [-0.05, 0) is 44.9 Å². The predicted octanol–water partition coefficient (Wildman–Crippen LogP) is 3.89. The van der Waals surface area contributed by atoms with Gasteiger partial charge in [-0.3, -0.25) is 0 Å². The Hall–Kier alpha value is -1.33. The van der Waals surface area contributed by atoms with Crippen molar-refractivity contribution in [1.29, 1.82) is 5.26 Å². The summed E-state index contributed by atoms with van der Waals surface area (Å²) in [6.07, 6.45) is 12.2. The largest absolute Gasteiger partial charge is 0.511 e. The first-order valence-corrected chi connectivity index (χ1v) is 9.02. The van der Waals surface area contributed by atoms with Gasteiger partial charge in [0.2, 0.25) is 0 Å². The molecule has 23 heavy (non-hydrogen) atoms. The van der Waals surface area contributed by atoms with Crippen LogP contribution in [0.2, 0.25) is 0 Å². The van der Waals surface area contributed by atoms with Gasteiger partial charge in [0, 0.05) is 6.54 Å². The standard InChI is InChI=1S/C15H21F3N2O2S/c16-15(17,18)23(21,22)20(13-11-19)12-7-2-1-4-8-14-9-5-3-6-10-14/h4,8-9H,1-3,5-7,10,12-13H2/b8-4+. The number of allylic oxidation sites excluding steroid dienone is 4. The zero-order valence-electron chi connectivity index (χ0n) is 12.8. The number of alkyl halides is 3. The number of sulfonamides is 1. The van der Waals surface area contributed by atoms with Crippen LogP contribution in [0.25, 0.3) is 0 Å². The molecule has 1 rings (SSSR count). The third-order valence-electron chi connectivity index (χ3n) is 3.57. The summed E-state index contributed by atoms with van der Waals surface area (Å²) < 4.78 is 60.2. The van der Waals surface area contributed by atoms with E-state index < -0.39 is 22.1 Å². The molecule has 0 bridgehead atoms. The zero-order valence-corrected chi connectivity index (χ0v) is 13.7. The molecule has 4 nitrogen and oxygen atoms in total. The van der Waals surface area contributed by atoms with Gasteiger partial charge in [-0.2, -0.15) is 22.7 Å². The van der Waals surface area contributed by atoms with Crippen LogP contribution < -0.4 is 0 Å². The van der Waals surface area contributed by atoms with Crippen molar-refractivity contribution in [3.63, 3.8) is 0 Å². The molecule has 0 aromatic carbocycles. The summed E-state index contributed by atoms with van der Waals surface area (Å²) in [7, 11) is -5.43. The van der Waals surface area contributed by atoms with Gasteiger partial charge in [-0.25, -0.2) is 8.42 Å². The normalized spacial score (nSPS) is 16.6. The Labute approximate surface area is 135 Å². The highest BCUT2D eigenvalue weighted by Crippen LogP contribution is 2.27. The highest BCUT2D eigenvalue weighted by Gasteiger charge is 2.49. The number of hydrogen-bond donors (Lipinski definition) is 0. The number of hydrogen-bond acceptors (Lipinski definition) is 3. The number of rotatable bonds is 8. The molecule has 0 radical (unpaired) electrons. The lowest BCUT2D eigenvalue weighted by atomic mass is 9.99. The third kappa shape index (κ3) is 6.36. The van der Waals surface area contributed by atoms with Gasteiger partial charge in [0.25, 0.3) is 0 Å². The Morgan fingerprint density at radius 2 is 2.04 bits per heavy atom. The molecule has 0 aromatic heterocycles. The van der Waals surface area contributed by atoms with Crippen molar-refractivity contribution in [3.8, 4) is 6.07 Å². The topological polar surface area (TPSA) is 61.2 Å². The molecule has 0 heterocycles. The fourth-order valence-electron chi connectivity index (χ4n) is 2.31. The fourth-order valence-corrected chi connectivity index (χ4v) is 3.20. The van der Waals surface area contributed by atoms with E-state index in [1.165, 1.54) is 24.5 Å². The summed E-state index contributed by atoms with van der Waals surface area (Å²) in [4.78, 5) is 0.